The van der Waals surface area contributed by atoms with Crippen LogP contribution in [0.25, 0.3) is 0 Å². The fourth-order valence-electron chi connectivity index (χ4n) is 4.33. The Balaban J connectivity index is 1.59. The molecule has 2 N–H and O–H groups in total. The van der Waals surface area contributed by atoms with Crippen LogP contribution in [-0.4, -0.2) is 17.8 Å². The van der Waals surface area contributed by atoms with Crippen LogP contribution in [0.5, 0.6) is 0 Å². The maximum atomic E-state index is 10.6. The highest BCUT2D eigenvalue weighted by Gasteiger charge is 2.50. The summed E-state index contributed by atoms with van der Waals surface area (Å²) < 4.78 is 0. The number of hydrogen-bond donors (Lipinski definition) is 2. The molecule has 1 aromatic rings. The van der Waals surface area contributed by atoms with Crippen molar-refractivity contribution in [3.63, 3.8) is 0 Å². The number of aliphatic hydroxyl groups excluding tert-OH is 1. The molecule has 0 aromatic heterocycles. The van der Waals surface area contributed by atoms with Gasteiger partial charge in [-0.25, -0.2) is 0 Å². The van der Waals surface area contributed by atoms with Gasteiger partial charge < -0.3 is 10.4 Å². The van der Waals surface area contributed by atoms with E-state index in [1.807, 2.05) is 0 Å². The van der Waals surface area contributed by atoms with Crippen LogP contribution in [0, 0.1) is 25.2 Å². The molecule has 0 saturated heterocycles. The van der Waals surface area contributed by atoms with Crippen LogP contribution < -0.4 is 5.32 Å². The van der Waals surface area contributed by atoms with Gasteiger partial charge in [0.2, 0.25) is 0 Å². The zero-order valence-corrected chi connectivity index (χ0v) is 13.7. The first kappa shape index (κ1) is 15.1. The predicted molar refractivity (Wildman–Crippen MR) is 87.3 cm³/mol. The zero-order valence-electron chi connectivity index (χ0n) is 13.7. The van der Waals surface area contributed by atoms with E-state index in [4.69, 9.17) is 0 Å². The highest BCUT2D eigenvalue weighted by atomic mass is 16.3. The summed E-state index contributed by atoms with van der Waals surface area (Å²) in [4.78, 5) is 0. The minimum Gasteiger partial charge on any atom is -0.392 e. The van der Waals surface area contributed by atoms with Crippen LogP contribution in [0.2, 0.25) is 0 Å². The molecular weight excluding hydrogens is 258 g/mol. The summed E-state index contributed by atoms with van der Waals surface area (Å²) >= 11 is 0. The maximum absolute atomic E-state index is 10.6. The summed E-state index contributed by atoms with van der Waals surface area (Å²) in [6, 6.07) is 7.02. The highest BCUT2D eigenvalue weighted by molar-refractivity contribution is 5.32. The number of aryl methyl sites for hydroxylation is 2. The Labute approximate surface area is 129 Å². The van der Waals surface area contributed by atoms with Crippen molar-refractivity contribution >= 4 is 0 Å². The van der Waals surface area contributed by atoms with Gasteiger partial charge in [-0.3, -0.25) is 0 Å². The number of benzene rings is 1. The van der Waals surface area contributed by atoms with Crippen molar-refractivity contribution < 1.29 is 5.11 Å². The quantitative estimate of drug-likeness (QED) is 0.880. The molecule has 21 heavy (non-hydrogen) atoms. The zero-order chi connectivity index (χ0) is 15.0. The van der Waals surface area contributed by atoms with E-state index < -0.39 is 0 Å². The second-order valence-electron chi connectivity index (χ2n) is 7.45. The summed E-state index contributed by atoms with van der Waals surface area (Å²) in [5, 5.41) is 14.3. The molecule has 3 unspecified atom stereocenters. The fourth-order valence-corrected chi connectivity index (χ4v) is 4.33. The molecule has 2 heteroatoms. The lowest BCUT2D eigenvalue weighted by molar-refractivity contribution is -0.0284. The van der Waals surface area contributed by atoms with Crippen LogP contribution in [0.4, 0.5) is 0 Å². The topological polar surface area (TPSA) is 32.3 Å². The van der Waals surface area contributed by atoms with E-state index in [0.29, 0.717) is 17.4 Å². The van der Waals surface area contributed by atoms with E-state index in [9.17, 15) is 5.11 Å². The van der Waals surface area contributed by atoms with Gasteiger partial charge in [-0.2, -0.15) is 0 Å². The predicted octanol–water partition coefficient (Wildman–Crippen LogP) is 3.90. The van der Waals surface area contributed by atoms with Gasteiger partial charge in [0.15, 0.2) is 0 Å². The van der Waals surface area contributed by atoms with E-state index >= 15 is 0 Å². The van der Waals surface area contributed by atoms with Gasteiger partial charge >= 0.3 is 0 Å². The Kier molecular flexibility index (Phi) is 4.11. The number of nitrogens with one attached hydrogen (secondary N) is 1. The smallest absolute Gasteiger partial charge is 0.0636 e. The fraction of sp³-hybridized carbons (Fsp3) is 0.684. The molecule has 0 aliphatic heterocycles. The van der Waals surface area contributed by atoms with Crippen LogP contribution >= 0.6 is 0 Å². The lowest BCUT2D eigenvalue weighted by atomic mass is 9.65. The SMILES string of the molecule is Cc1ccc(C)c(C(C)NCC2CCC3(CCC3)C2O)c1. The first-order valence-corrected chi connectivity index (χ1v) is 8.50. The molecule has 2 saturated carbocycles. The van der Waals surface area contributed by atoms with Crippen LogP contribution in [-0.2, 0) is 0 Å². The average molecular weight is 287 g/mol. The largest absolute Gasteiger partial charge is 0.392 e. The Morgan fingerprint density at radius 2 is 2.05 bits per heavy atom. The molecule has 1 aromatic carbocycles. The van der Waals surface area contributed by atoms with Crippen molar-refractivity contribution in [1.82, 2.24) is 5.32 Å². The molecule has 2 aliphatic carbocycles. The molecule has 0 heterocycles. The van der Waals surface area contributed by atoms with Gasteiger partial charge in [-0.05, 0) is 68.9 Å². The van der Waals surface area contributed by atoms with Crippen LogP contribution in [0.3, 0.4) is 0 Å². The first-order valence-electron chi connectivity index (χ1n) is 8.50. The summed E-state index contributed by atoms with van der Waals surface area (Å²) in [5.74, 6) is 0.442. The van der Waals surface area contributed by atoms with E-state index in [2.05, 4.69) is 44.3 Å². The summed E-state index contributed by atoms with van der Waals surface area (Å²) in [5.41, 5.74) is 4.36. The Bertz CT molecular complexity index is 506. The summed E-state index contributed by atoms with van der Waals surface area (Å²) in [7, 11) is 0. The van der Waals surface area contributed by atoms with E-state index in [0.717, 1.165) is 6.54 Å². The highest BCUT2D eigenvalue weighted by Crippen LogP contribution is 2.55. The summed E-state index contributed by atoms with van der Waals surface area (Å²) in [6.07, 6.45) is 6.15. The third-order valence-electron chi connectivity index (χ3n) is 6.02. The number of hydrogen-bond acceptors (Lipinski definition) is 2. The lowest BCUT2D eigenvalue weighted by Crippen LogP contribution is -2.41. The minimum atomic E-state index is -0.0791. The van der Waals surface area contributed by atoms with Gasteiger partial charge in [0.05, 0.1) is 6.10 Å². The number of aliphatic hydroxyl groups is 1. The van der Waals surface area contributed by atoms with Crippen molar-refractivity contribution in [1.29, 1.82) is 0 Å². The van der Waals surface area contributed by atoms with Crippen molar-refractivity contribution in [2.24, 2.45) is 11.3 Å². The van der Waals surface area contributed by atoms with Gasteiger partial charge in [-0.1, -0.05) is 30.2 Å². The van der Waals surface area contributed by atoms with Crippen molar-refractivity contribution in [2.45, 2.75) is 65.0 Å². The third-order valence-corrected chi connectivity index (χ3v) is 6.02. The molecule has 0 radical (unpaired) electrons. The van der Waals surface area contributed by atoms with Crippen molar-refractivity contribution in [3.05, 3.63) is 34.9 Å². The molecule has 2 aliphatic rings. The van der Waals surface area contributed by atoms with E-state index in [1.54, 1.807) is 0 Å². The molecule has 1 spiro atoms. The van der Waals surface area contributed by atoms with Crippen LogP contribution in [0.15, 0.2) is 18.2 Å². The first-order chi connectivity index (χ1) is 10.0. The second-order valence-corrected chi connectivity index (χ2v) is 7.45. The Morgan fingerprint density at radius 3 is 2.67 bits per heavy atom. The molecule has 2 fully saturated rings. The Morgan fingerprint density at radius 1 is 1.29 bits per heavy atom. The van der Waals surface area contributed by atoms with Crippen molar-refractivity contribution in [2.75, 3.05) is 6.54 Å². The average Bonchev–Trinajstić information content (AvgIpc) is 2.76. The molecule has 0 bridgehead atoms. The number of rotatable bonds is 4. The monoisotopic (exact) mass is 287 g/mol. The van der Waals surface area contributed by atoms with E-state index in [-0.39, 0.29) is 6.10 Å². The van der Waals surface area contributed by atoms with E-state index in [1.165, 1.54) is 48.8 Å². The molecule has 116 valence electrons. The van der Waals surface area contributed by atoms with Gasteiger partial charge in [-0.15, -0.1) is 0 Å². The molecule has 3 atom stereocenters. The Hall–Kier alpha value is -0.860. The van der Waals surface area contributed by atoms with Gasteiger partial charge in [0, 0.05) is 12.6 Å². The molecule has 0 amide bonds. The standard InChI is InChI=1S/C19H29NO/c1-13-5-6-14(2)17(11-13)15(3)20-12-16-7-10-19(18(16)21)8-4-9-19/h5-6,11,15-16,18,20-21H,4,7-10,12H2,1-3H3. The molecule has 2 nitrogen and oxygen atoms in total. The molecular formula is C19H29NO. The summed E-state index contributed by atoms with van der Waals surface area (Å²) in [6.45, 7) is 7.51. The maximum Gasteiger partial charge on any atom is 0.0636 e. The normalized spacial score (nSPS) is 28.6. The minimum absolute atomic E-state index is 0.0791. The molecule has 3 rings (SSSR count). The van der Waals surface area contributed by atoms with Gasteiger partial charge in [0.1, 0.15) is 0 Å². The second kappa shape index (κ2) is 5.73. The van der Waals surface area contributed by atoms with Crippen molar-refractivity contribution in [3.8, 4) is 0 Å². The van der Waals surface area contributed by atoms with Gasteiger partial charge in [0.25, 0.3) is 0 Å². The lowest BCUT2D eigenvalue weighted by Gasteiger charge is -2.42. The van der Waals surface area contributed by atoms with Crippen LogP contribution in [0.1, 0.15) is 61.8 Å². The third kappa shape index (κ3) is 2.76.